The summed E-state index contributed by atoms with van der Waals surface area (Å²) in [5.41, 5.74) is 0. The van der Waals surface area contributed by atoms with Gasteiger partial charge in [-0.25, -0.2) is 4.98 Å². The highest BCUT2D eigenvalue weighted by Crippen LogP contribution is 2.37. The van der Waals surface area contributed by atoms with Gasteiger partial charge in [0.15, 0.2) is 5.16 Å². The zero-order valence-electron chi connectivity index (χ0n) is 8.35. The number of aryl methyl sites for hydroxylation is 1. The minimum absolute atomic E-state index is 0. The van der Waals surface area contributed by atoms with E-state index >= 15 is 0 Å². The lowest BCUT2D eigenvalue weighted by molar-refractivity contribution is 0.790. The highest BCUT2D eigenvalue weighted by Gasteiger charge is 2.09. The zero-order valence-corrected chi connectivity index (χ0v) is 11.5. The maximum Gasteiger partial charge on any atom is 0.172 e. The SMILES string of the molecule is Cl.Cn1ccnc1Sc1c(Cl)cccc1Cl. The van der Waals surface area contributed by atoms with Gasteiger partial charge in [0.05, 0.1) is 14.9 Å². The number of nitrogens with zero attached hydrogens (tertiary/aromatic N) is 2. The van der Waals surface area contributed by atoms with Crippen LogP contribution in [-0.2, 0) is 7.05 Å². The number of halogens is 3. The van der Waals surface area contributed by atoms with Gasteiger partial charge < -0.3 is 4.57 Å². The lowest BCUT2D eigenvalue weighted by Crippen LogP contribution is -1.89. The average molecular weight is 296 g/mol. The predicted octanol–water partition coefficient (Wildman–Crippen LogP) is 4.30. The smallest absolute Gasteiger partial charge is 0.172 e. The van der Waals surface area contributed by atoms with Gasteiger partial charge >= 0.3 is 0 Å². The van der Waals surface area contributed by atoms with Crippen LogP contribution in [0.5, 0.6) is 0 Å². The van der Waals surface area contributed by atoms with Gasteiger partial charge in [-0.15, -0.1) is 12.4 Å². The van der Waals surface area contributed by atoms with Gasteiger partial charge in [-0.05, 0) is 23.9 Å². The van der Waals surface area contributed by atoms with Gasteiger partial charge in [0, 0.05) is 19.4 Å². The summed E-state index contributed by atoms with van der Waals surface area (Å²) in [5.74, 6) is 0. The highest BCUT2D eigenvalue weighted by atomic mass is 35.5. The standard InChI is InChI=1S/C10H8Cl2N2S.ClH/c1-14-6-5-13-10(14)15-9-7(11)3-2-4-8(9)12;/h2-6H,1H3;1H. The minimum atomic E-state index is 0. The van der Waals surface area contributed by atoms with Crippen molar-refractivity contribution in [3.63, 3.8) is 0 Å². The molecule has 0 saturated carbocycles. The number of aromatic nitrogens is 2. The van der Waals surface area contributed by atoms with Crippen molar-refractivity contribution in [2.45, 2.75) is 10.1 Å². The van der Waals surface area contributed by atoms with E-state index in [1.165, 1.54) is 11.8 Å². The average Bonchev–Trinajstić information content (AvgIpc) is 2.58. The van der Waals surface area contributed by atoms with E-state index in [9.17, 15) is 0 Å². The van der Waals surface area contributed by atoms with Gasteiger partial charge in [-0.1, -0.05) is 29.3 Å². The molecular formula is C10H9Cl3N2S. The molecule has 6 heteroatoms. The Hall–Kier alpha value is -0.350. The van der Waals surface area contributed by atoms with Crippen molar-refractivity contribution in [1.82, 2.24) is 9.55 Å². The Morgan fingerprint density at radius 3 is 2.38 bits per heavy atom. The lowest BCUT2D eigenvalue weighted by atomic mass is 10.4. The first-order valence-electron chi connectivity index (χ1n) is 4.27. The molecule has 16 heavy (non-hydrogen) atoms. The van der Waals surface area contributed by atoms with E-state index < -0.39 is 0 Å². The molecule has 0 N–H and O–H groups in total. The van der Waals surface area contributed by atoms with Crippen molar-refractivity contribution in [1.29, 1.82) is 0 Å². The second-order valence-corrected chi connectivity index (χ2v) is 4.77. The number of benzene rings is 1. The molecule has 0 spiro atoms. The van der Waals surface area contributed by atoms with Crippen molar-refractivity contribution in [2.24, 2.45) is 7.05 Å². The molecule has 0 amide bonds. The maximum atomic E-state index is 6.06. The molecule has 2 aromatic rings. The molecule has 86 valence electrons. The topological polar surface area (TPSA) is 17.8 Å². The molecule has 0 unspecified atom stereocenters. The zero-order chi connectivity index (χ0) is 10.8. The van der Waals surface area contributed by atoms with Crippen molar-refractivity contribution >= 4 is 47.4 Å². The summed E-state index contributed by atoms with van der Waals surface area (Å²) in [4.78, 5) is 5.04. The van der Waals surface area contributed by atoms with Gasteiger partial charge in [-0.2, -0.15) is 0 Å². The third-order valence-electron chi connectivity index (χ3n) is 1.89. The third kappa shape index (κ3) is 2.86. The number of hydrogen-bond donors (Lipinski definition) is 0. The van der Waals surface area contributed by atoms with Crippen molar-refractivity contribution < 1.29 is 0 Å². The number of imidazole rings is 1. The van der Waals surface area contributed by atoms with Crippen molar-refractivity contribution in [3.8, 4) is 0 Å². The highest BCUT2D eigenvalue weighted by molar-refractivity contribution is 7.99. The summed E-state index contributed by atoms with van der Waals surface area (Å²) in [6, 6.07) is 5.46. The summed E-state index contributed by atoms with van der Waals surface area (Å²) in [6.07, 6.45) is 3.63. The van der Waals surface area contributed by atoms with E-state index in [1.807, 2.05) is 36.0 Å². The molecule has 0 radical (unpaired) electrons. The Morgan fingerprint density at radius 2 is 1.88 bits per heavy atom. The van der Waals surface area contributed by atoms with Crippen LogP contribution in [0.3, 0.4) is 0 Å². The fourth-order valence-corrected chi connectivity index (χ4v) is 2.58. The van der Waals surface area contributed by atoms with Gasteiger partial charge in [-0.3, -0.25) is 0 Å². The van der Waals surface area contributed by atoms with Crippen molar-refractivity contribution in [3.05, 3.63) is 40.6 Å². The van der Waals surface area contributed by atoms with E-state index in [0.29, 0.717) is 10.0 Å². The Balaban J connectivity index is 0.00000128. The largest absolute Gasteiger partial charge is 0.329 e. The Morgan fingerprint density at radius 1 is 1.25 bits per heavy atom. The summed E-state index contributed by atoms with van der Waals surface area (Å²) < 4.78 is 1.92. The van der Waals surface area contributed by atoms with Crippen LogP contribution in [0, 0.1) is 0 Å². The molecule has 0 saturated heterocycles. The molecule has 0 fully saturated rings. The maximum absolute atomic E-state index is 6.06. The minimum Gasteiger partial charge on any atom is -0.329 e. The fraction of sp³-hybridized carbons (Fsp3) is 0.100. The molecule has 1 aromatic carbocycles. The van der Waals surface area contributed by atoms with Crippen LogP contribution in [0.15, 0.2) is 40.6 Å². The van der Waals surface area contributed by atoms with Crippen LogP contribution >= 0.6 is 47.4 Å². The van der Waals surface area contributed by atoms with Crippen LogP contribution in [0.1, 0.15) is 0 Å². The normalized spacial score (nSPS) is 9.94. The first-order valence-corrected chi connectivity index (χ1v) is 5.85. The van der Waals surface area contributed by atoms with Crippen LogP contribution < -0.4 is 0 Å². The summed E-state index contributed by atoms with van der Waals surface area (Å²) in [7, 11) is 1.93. The summed E-state index contributed by atoms with van der Waals surface area (Å²) in [6.45, 7) is 0. The molecular weight excluding hydrogens is 287 g/mol. The predicted molar refractivity (Wildman–Crippen MR) is 71.0 cm³/mol. The van der Waals surface area contributed by atoms with E-state index in [4.69, 9.17) is 23.2 Å². The number of hydrogen-bond acceptors (Lipinski definition) is 2. The summed E-state index contributed by atoms with van der Waals surface area (Å²) >= 11 is 13.6. The molecule has 0 aliphatic heterocycles. The van der Waals surface area contributed by atoms with Crippen LogP contribution in [0.4, 0.5) is 0 Å². The van der Waals surface area contributed by atoms with Crippen molar-refractivity contribution in [2.75, 3.05) is 0 Å². The number of rotatable bonds is 2. The first-order chi connectivity index (χ1) is 7.18. The Labute approximate surface area is 114 Å². The van der Waals surface area contributed by atoms with Crippen LogP contribution in [0.25, 0.3) is 0 Å². The van der Waals surface area contributed by atoms with E-state index in [-0.39, 0.29) is 12.4 Å². The molecule has 2 rings (SSSR count). The molecule has 1 aromatic heterocycles. The van der Waals surface area contributed by atoms with Gasteiger partial charge in [0.2, 0.25) is 0 Å². The Kier molecular flexibility index (Phi) is 4.99. The van der Waals surface area contributed by atoms with Crippen LogP contribution in [0.2, 0.25) is 10.0 Å². The Bertz CT molecular complexity index is 464. The first kappa shape index (κ1) is 13.7. The van der Waals surface area contributed by atoms with E-state index in [2.05, 4.69) is 4.98 Å². The monoisotopic (exact) mass is 294 g/mol. The molecule has 0 atom stereocenters. The molecule has 0 bridgehead atoms. The van der Waals surface area contributed by atoms with E-state index in [1.54, 1.807) is 6.20 Å². The molecule has 1 heterocycles. The van der Waals surface area contributed by atoms with Gasteiger partial charge in [0.1, 0.15) is 0 Å². The molecule has 0 aliphatic rings. The second kappa shape index (κ2) is 5.82. The second-order valence-electron chi connectivity index (χ2n) is 2.97. The quantitative estimate of drug-likeness (QED) is 0.822. The van der Waals surface area contributed by atoms with Gasteiger partial charge in [0.25, 0.3) is 0 Å². The van der Waals surface area contributed by atoms with Crippen LogP contribution in [-0.4, -0.2) is 9.55 Å². The summed E-state index contributed by atoms with van der Waals surface area (Å²) in [5, 5.41) is 2.16. The third-order valence-corrected chi connectivity index (χ3v) is 3.96. The molecule has 2 nitrogen and oxygen atoms in total. The fourth-order valence-electron chi connectivity index (χ4n) is 1.12. The van der Waals surface area contributed by atoms with E-state index in [0.717, 1.165) is 10.1 Å². The lowest BCUT2D eigenvalue weighted by Gasteiger charge is -2.05. The molecule has 0 aliphatic carbocycles.